The summed E-state index contributed by atoms with van der Waals surface area (Å²) in [6.45, 7) is 4.92. The molecule has 2 aromatic carbocycles. The molecule has 3 nitrogen and oxygen atoms in total. The second-order valence-electron chi connectivity index (χ2n) is 6.34. The van der Waals surface area contributed by atoms with Gasteiger partial charge in [0.2, 0.25) is 5.91 Å². The molecule has 0 radical (unpaired) electrons. The van der Waals surface area contributed by atoms with E-state index in [2.05, 4.69) is 48.4 Å². The third-order valence-corrected chi connectivity index (χ3v) is 4.92. The highest BCUT2D eigenvalue weighted by atomic mass is 32.1. The molecule has 25 heavy (non-hydrogen) atoms. The van der Waals surface area contributed by atoms with Crippen LogP contribution in [0.15, 0.2) is 60.0 Å². The minimum absolute atomic E-state index is 0.0000845. The van der Waals surface area contributed by atoms with Crippen LogP contribution in [-0.4, -0.2) is 10.9 Å². The number of nitrogens with one attached hydrogen (secondary N) is 1. The number of aromatic nitrogens is 1. The Balaban J connectivity index is 1.58. The normalized spacial score (nSPS) is 10.8. The van der Waals surface area contributed by atoms with Crippen molar-refractivity contribution in [3.8, 4) is 11.3 Å². The van der Waals surface area contributed by atoms with E-state index in [4.69, 9.17) is 0 Å². The van der Waals surface area contributed by atoms with Crippen molar-refractivity contribution in [1.82, 2.24) is 10.3 Å². The van der Waals surface area contributed by atoms with E-state index in [1.165, 1.54) is 16.9 Å². The maximum Gasteiger partial charge on any atom is 0.227 e. The standard InChI is InChI=1S/C21H22N2OS/c1-15(2)17-8-10-18(11-9-17)19-14-25-21(23-19)12-20(24)22-13-16-6-4-3-5-7-16/h3-11,14-15H,12-13H2,1-2H3,(H,22,24). The maximum atomic E-state index is 12.1. The van der Waals surface area contributed by atoms with Crippen molar-refractivity contribution < 1.29 is 4.79 Å². The van der Waals surface area contributed by atoms with E-state index in [9.17, 15) is 4.79 Å². The monoisotopic (exact) mass is 350 g/mol. The fourth-order valence-corrected chi connectivity index (χ4v) is 3.36. The quantitative estimate of drug-likeness (QED) is 0.694. The molecule has 1 amide bonds. The maximum absolute atomic E-state index is 12.1. The van der Waals surface area contributed by atoms with Crippen LogP contribution >= 0.6 is 11.3 Å². The first-order valence-electron chi connectivity index (χ1n) is 8.47. The number of rotatable bonds is 6. The van der Waals surface area contributed by atoms with Gasteiger partial charge in [0, 0.05) is 17.5 Å². The van der Waals surface area contributed by atoms with Crippen LogP contribution in [0.4, 0.5) is 0 Å². The van der Waals surface area contributed by atoms with Crippen molar-refractivity contribution >= 4 is 17.2 Å². The van der Waals surface area contributed by atoms with Crippen molar-refractivity contribution in [2.45, 2.75) is 32.7 Å². The molecule has 4 heteroatoms. The summed E-state index contributed by atoms with van der Waals surface area (Å²) in [5.41, 5.74) is 4.45. The zero-order chi connectivity index (χ0) is 17.6. The topological polar surface area (TPSA) is 42.0 Å². The van der Waals surface area contributed by atoms with Crippen LogP contribution in [0.3, 0.4) is 0 Å². The van der Waals surface area contributed by atoms with E-state index in [-0.39, 0.29) is 5.91 Å². The Labute approximate surface area is 152 Å². The van der Waals surface area contributed by atoms with Gasteiger partial charge in [0.05, 0.1) is 12.1 Å². The van der Waals surface area contributed by atoms with Gasteiger partial charge in [-0.3, -0.25) is 4.79 Å². The minimum Gasteiger partial charge on any atom is -0.352 e. The summed E-state index contributed by atoms with van der Waals surface area (Å²) in [6.07, 6.45) is 0.321. The second-order valence-corrected chi connectivity index (χ2v) is 7.28. The Morgan fingerprint density at radius 1 is 1.08 bits per heavy atom. The SMILES string of the molecule is CC(C)c1ccc(-c2csc(CC(=O)NCc3ccccc3)n2)cc1. The molecule has 1 heterocycles. The highest BCUT2D eigenvalue weighted by Gasteiger charge is 2.09. The second kappa shape index (κ2) is 8.08. The predicted octanol–water partition coefficient (Wildman–Crippen LogP) is 4.79. The average molecular weight is 350 g/mol. The molecule has 0 aliphatic rings. The lowest BCUT2D eigenvalue weighted by Crippen LogP contribution is -2.24. The number of hydrogen-bond acceptors (Lipinski definition) is 3. The number of amides is 1. The minimum atomic E-state index is -0.0000845. The Kier molecular flexibility index (Phi) is 5.61. The highest BCUT2D eigenvalue weighted by molar-refractivity contribution is 7.10. The van der Waals surface area contributed by atoms with Crippen LogP contribution < -0.4 is 5.32 Å². The Hall–Kier alpha value is -2.46. The van der Waals surface area contributed by atoms with Crippen LogP contribution in [0.1, 0.15) is 35.9 Å². The molecule has 0 fully saturated rings. The molecular weight excluding hydrogens is 328 g/mol. The number of nitrogens with zero attached hydrogens (tertiary/aromatic N) is 1. The van der Waals surface area contributed by atoms with Crippen molar-refractivity contribution in [3.63, 3.8) is 0 Å². The van der Waals surface area contributed by atoms with Gasteiger partial charge in [-0.25, -0.2) is 4.98 Å². The van der Waals surface area contributed by atoms with Crippen molar-refractivity contribution in [1.29, 1.82) is 0 Å². The molecule has 1 N–H and O–H groups in total. The summed E-state index contributed by atoms with van der Waals surface area (Å²) in [6, 6.07) is 18.4. The Bertz CT molecular complexity index is 823. The molecule has 3 aromatic rings. The number of carbonyl (C=O) groups excluding carboxylic acids is 1. The molecule has 3 rings (SSSR count). The summed E-state index contributed by atoms with van der Waals surface area (Å²) >= 11 is 1.53. The van der Waals surface area contributed by atoms with Crippen molar-refractivity contribution in [3.05, 3.63) is 76.1 Å². The van der Waals surface area contributed by atoms with Crippen molar-refractivity contribution in [2.24, 2.45) is 0 Å². The Morgan fingerprint density at radius 3 is 2.48 bits per heavy atom. The molecule has 0 saturated heterocycles. The fourth-order valence-electron chi connectivity index (χ4n) is 2.56. The molecule has 0 atom stereocenters. The molecule has 0 saturated carbocycles. The summed E-state index contributed by atoms with van der Waals surface area (Å²) in [5.74, 6) is 0.522. The average Bonchev–Trinajstić information content (AvgIpc) is 3.09. The van der Waals surface area contributed by atoms with Crippen LogP contribution in [0.2, 0.25) is 0 Å². The zero-order valence-electron chi connectivity index (χ0n) is 14.5. The van der Waals surface area contributed by atoms with Gasteiger partial charge < -0.3 is 5.32 Å². The van der Waals surface area contributed by atoms with Crippen LogP contribution in [0.5, 0.6) is 0 Å². The summed E-state index contributed by atoms with van der Waals surface area (Å²) in [7, 11) is 0. The van der Waals surface area contributed by atoms with Gasteiger partial charge >= 0.3 is 0 Å². The van der Waals surface area contributed by atoms with Crippen molar-refractivity contribution in [2.75, 3.05) is 0 Å². The van der Waals surface area contributed by atoms with Gasteiger partial charge in [0.1, 0.15) is 5.01 Å². The largest absolute Gasteiger partial charge is 0.352 e. The third kappa shape index (κ3) is 4.77. The first kappa shape index (κ1) is 17.4. The third-order valence-electron chi connectivity index (χ3n) is 4.07. The molecule has 1 aromatic heterocycles. The van der Waals surface area contributed by atoms with Gasteiger partial charge in [0.25, 0.3) is 0 Å². The number of thiazole rings is 1. The first-order chi connectivity index (χ1) is 12.1. The summed E-state index contributed by atoms with van der Waals surface area (Å²) in [5, 5.41) is 5.80. The van der Waals surface area contributed by atoms with Gasteiger partial charge in [0.15, 0.2) is 0 Å². The van der Waals surface area contributed by atoms with E-state index in [1.807, 2.05) is 35.7 Å². The van der Waals surface area contributed by atoms with E-state index >= 15 is 0 Å². The first-order valence-corrected chi connectivity index (χ1v) is 9.35. The fraction of sp³-hybridized carbons (Fsp3) is 0.238. The Morgan fingerprint density at radius 2 is 1.80 bits per heavy atom. The van der Waals surface area contributed by atoms with Gasteiger partial charge in [-0.15, -0.1) is 11.3 Å². The summed E-state index contributed by atoms with van der Waals surface area (Å²) < 4.78 is 0. The molecule has 0 spiro atoms. The van der Waals surface area contributed by atoms with Crippen LogP contribution in [0, 0.1) is 0 Å². The van der Waals surface area contributed by atoms with E-state index in [1.54, 1.807) is 0 Å². The summed E-state index contributed by atoms with van der Waals surface area (Å²) in [4.78, 5) is 16.7. The molecule has 0 bridgehead atoms. The predicted molar refractivity (Wildman–Crippen MR) is 104 cm³/mol. The van der Waals surface area contributed by atoms with E-state index < -0.39 is 0 Å². The number of hydrogen-bond donors (Lipinski definition) is 1. The van der Waals surface area contributed by atoms with E-state index in [0.29, 0.717) is 18.9 Å². The van der Waals surface area contributed by atoms with Crippen LogP contribution in [-0.2, 0) is 17.8 Å². The van der Waals surface area contributed by atoms with Crippen LogP contribution in [0.25, 0.3) is 11.3 Å². The van der Waals surface area contributed by atoms with Gasteiger partial charge in [-0.1, -0.05) is 68.4 Å². The number of carbonyl (C=O) groups is 1. The molecule has 128 valence electrons. The lowest BCUT2D eigenvalue weighted by atomic mass is 10.0. The van der Waals surface area contributed by atoms with Gasteiger partial charge in [-0.05, 0) is 17.0 Å². The smallest absolute Gasteiger partial charge is 0.227 e. The van der Waals surface area contributed by atoms with Gasteiger partial charge in [-0.2, -0.15) is 0 Å². The molecule has 0 unspecified atom stereocenters. The highest BCUT2D eigenvalue weighted by Crippen LogP contribution is 2.24. The molecule has 0 aliphatic carbocycles. The zero-order valence-corrected chi connectivity index (χ0v) is 15.3. The molecule has 0 aliphatic heterocycles. The lowest BCUT2D eigenvalue weighted by Gasteiger charge is -2.05. The number of benzene rings is 2. The lowest BCUT2D eigenvalue weighted by molar-refractivity contribution is -0.120. The molecular formula is C21H22N2OS. The van der Waals surface area contributed by atoms with E-state index in [0.717, 1.165) is 21.8 Å².